The first kappa shape index (κ1) is 12.4. The molecule has 5 nitrogen and oxygen atoms in total. The van der Waals surface area contributed by atoms with Gasteiger partial charge in [0.2, 0.25) is 0 Å². The lowest BCUT2D eigenvalue weighted by molar-refractivity contribution is -0.129. The van der Waals surface area contributed by atoms with Crippen molar-refractivity contribution in [2.45, 2.75) is 38.1 Å². The molecule has 3 amide bonds. The molecule has 0 aromatic heterocycles. The second-order valence-corrected chi connectivity index (χ2v) is 5.14. The van der Waals surface area contributed by atoms with Crippen LogP contribution in [0.15, 0.2) is 0 Å². The highest BCUT2D eigenvalue weighted by Crippen LogP contribution is 2.39. The maximum Gasteiger partial charge on any atom is 0.325 e. The van der Waals surface area contributed by atoms with E-state index in [2.05, 4.69) is 12.2 Å². The summed E-state index contributed by atoms with van der Waals surface area (Å²) in [6, 6.07) is -0.263. The van der Waals surface area contributed by atoms with Crippen LogP contribution in [0.25, 0.3) is 0 Å². The normalized spacial score (nSPS) is 33.3. The molecular formula is C12H20N2O3. The molecule has 0 aromatic rings. The van der Waals surface area contributed by atoms with E-state index in [1.807, 2.05) is 0 Å². The van der Waals surface area contributed by atoms with Gasteiger partial charge in [0, 0.05) is 13.7 Å². The van der Waals surface area contributed by atoms with E-state index in [0.717, 1.165) is 25.7 Å². The molecule has 1 heterocycles. The van der Waals surface area contributed by atoms with Crippen LogP contribution < -0.4 is 5.32 Å². The fourth-order valence-corrected chi connectivity index (χ4v) is 3.07. The van der Waals surface area contributed by atoms with E-state index in [4.69, 9.17) is 4.74 Å². The molecule has 1 aliphatic heterocycles. The predicted molar refractivity (Wildman–Crippen MR) is 62.5 cm³/mol. The first-order valence-electron chi connectivity index (χ1n) is 6.22. The van der Waals surface area contributed by atoms with Crippen molar-refractivity contribution in [2.75, 3.05) is 20.3 Å². The Labute approximate surface area is 101 Å². The standard InChI is InChI=1S/C12H20N2O3/c1-9-4-3-5-12(8-9)10(15)13-11(16)14(12)6-7-17-2/h9H,3-8H2,1-2H3,(H,13,15,16). The van der Waals surface area contributed by atoms with Crippen molar-refractivity contribution in [1.29, 1.82) is 0 Å². The van der Waals surface area contributed by atoms with Crippen molar-refractivity contribution >= 4 is 11.9 Å². The lowest BCUT2D eigenvalue weighted by atomic mass is 9.75. The lowest BCUT2D eigenvalue weighted by Gasteiger charge is -2.40. The minimum absolute atomic E-state index is 0.120. The Morgan fingerprint density at radius 3 is 2.94 bits per heavy atom. The summed E-state index contributed by atoms with van der Waals surface area (Å²) in [4.78, 5) is 25.6. The van der Waals surface area contributed by atoms with Crippen molar-refractivity contribution in [3.05, 3.63) is 0 Å². The maximum absolute atomic E-state index is 12.1. The average Bonchev–Trinajstić information content (AvgIpc) is 2.49. The van der Waals surface area contributed by atoms with E-state index in [-0.39, 0.29) is 11.9 Å². The molecule has 2 atom stereocenters. The highest BCUT2D eigenvalue weighted by atomic mass is 16.5. The smallest absolute Gasteiger partial charge is 0.325 e. The predicted octanol–water partition coefficient (Wildman–Crippen LogP) is 1.13. The van der Waals surface area contributed by atoms with Gasteiger partial charge in [-0.05, 0) is 18.8 Å². The van der Waals surface area contributed by atoms with Crippen LogP contribution in [-0.4, -0.2) is 42.6 Å². The number of carbonyl (C=O) groups excluding carboxylic acids is 2. The number of imide groups is 1. The number of nitrogens with one attached hydrogen (secondary N) is 1. The number of ether oxygens (including phenoxy) is 1. The van der Waals surface area contributed by atoms with Gasteiger partial charge in [0.1, 0.15) is 5.54 Å². The van der Waals surface area contributed by atoms with Crippen molar-refractivity contribution in [1.82, 2.24) is 10.2 Å². The molecule has 1 aliphatic carbocycles. The summed E-state index contributed by atoms with van der Waals surface area (Å²) in [6.07, 6.45) is 3.69. The third kappa shape index (κ3) is 2.04. The van der Waals surface area contributed by atoms with Gasteiger partial charge < -0.3 is 9.64 Å². The Bertz CT molecular complexity index is 332. The average molecular weight is 240 g/mol. The molecule has 2 aliphatic rings. The van der Waals surface area contributed by atoms with Crippen LogP contribution in [0.5, 0.6) is 0 Å². The summed E-state index contributed by atoms with van der Waals surface area (Å²) in [6.45, 7) is 3.10. The fraction of sp³-hybridized carbons (Fsp3) is 0.833. The number of hydrogen-bond donors (Lipinski definition) is 1. The molecule has 1 saturated heterocycles. The van der Waals surface area contributed by atoms with E-state index >= 15 is 0 Å². The number of nitrogens with zero attached hydrogens (tertiary/aromatic N) is 1. The van der Waals surface area contributed by atoms with Gasteiger partial charge in [-0.3, -0.25) is 10.1 Å². The largest absolute Gasteiger partial charge is 0.383 e. The summed E-state index contributed by atoms with van der Waals surface area (Å²) in [5.41, 5.74) is -0.604. The van der Waals surface area contributed by atoms with Gasteiger partial charge >= 0.3 is 6.03 Å². The van der Waals surface area contributed by atoms with Gasteiger partial charge in [-0.2, -0.15) is 0 Å². The molecule has 0 aromatic carbocycles. The zero-order valence-corrected chi connectivity index (χ0v) is 10.5. The number of carbonyl (C=O) groups is 2. The quantitative estimate of drug-likeness (QED) is 0.752. The number of hydrogen-bond acceptors (Lipinski definition) is 3. The molecule has 1 spiro atoms. The van der Waals surface area contributed by atoms with Gasteiger partial charge in [-0.1, -0.05) is 19.8 Å². The van der Waals surface area contributed by atoms with Gasteiger partial charge in [0.25, 0.3) is 5.91 Å². The monoisotopic (exact) mass is 240 g/mol. The van der Waals surface area contributed by atoms with Gasteiger partial charge in [-0.15, -0.1) is 0 Å². The van der Waals surface area contributed by atoms with Crippen LogP contribution in [0.3, 0.4) is 0 Å². The Morgan fingerprint density at radius 2 is 2.29 bits per heavy atom. The Morgan fingerprint density at radius 1 is 1.53 bits per heavy atom. The van der Waals surface area contributed by atoms with Crippen LogP contribution >= 0.6 is 0 Å². The minimum atomic E-state index is -0.604. The number of rotatable bonds is 3. The van der Waals surface area contributed by atoms with Crippen LogP contribution in [0, 0.1) is 5.92 Å². The van der Waals surface area contributed by atoms with E-state index < -0.39 is 5.54 Å². The summed E-state index contributed by atoms with van der Waals surface area (Å²) in [7, 11) is 1.60. The third-order valence-electron chi connectivity index (χ3n) is 3.90. The number of amides is 3. The summed E-state index contributed by atoms with van der Waals surface area (Å²) < 4.78 is 5.02. The van der Waals surface area contributed by atoms with E-state index in [1.54, 1.807) is 12.0 Å². The molecule has 2 unspecified atom stereocenters. The second kappa shape index (κ2) is 4.64. The Hall–Kier alpha value is -1.10. The van der Waals surface area contributed by atoms with E-state index in [9.17, 15) is 9.59 Å². The molecule has 17 heavy (non-hydrogen) atoms. The Balaban J connectivity index is 2.20. The third-order valence-corrected chi connectivity index (χ3v) is 3.90. The molecule has 1 N–H and O–H groups in total. The highest BCUT2D eigenvalue weighted by molar-refractivity contribution is 6.07. The maximum atomic E-state index is 12.1. The number of methoxy groups -OCH3 is 1. The molecule has 1 saturated carbocycles. The Kier molecular flexibility index (Phi) is 3.38. The van der Waals surface area contributed by atoms with Crippen LogP contribution in [0.1, 0.15) is 32.6 Å². The fourth-order valence-electron chi connectivity index (χ4n) is 3.07. The van der Waals surface area contributed by atoms with E-state index in [0.29, 0.717) is 19.1 Å². The zero-order chi connectivity index (χ0) is 12.5. The van der Waals surface area contributed by atoms with Crippen LogP contribution in [-0.2, 0) is 9.53 Å². The van der Waals surface area contributed by atoms with Gasteiger partial charge in [-0.25, -0.2) is 4.79 Å². The highest BCUT2D eigenvalue weighted by Gasteiger charge is 2.53. The zero-order valence-electron chi connectivity index (χ0n) is 10.5. The van der Waals surface area contributed by atoms with Crippen molar-refractivity contribution < 1.29 is 14.3 Å². The lowest BCUT2D eigenvalue weighted by Crippen LogP contribution is -2.53. The van der Waals surface area contributed by atoms with Crippen molar-refractivity contribution in [3.8, 4) is 0 Å². The van der Waals surface area contributed by atoms with Gasteiger partial charge in [0.15, 0.2) is 0 Å². The molecular weight excluding hydrogens is 220 g/mol. The molecule has 0 radical (unpaired) electrons. The topological polar surface area (TPSA) is 58.6 Å². The molecule has 2 rings (SSSR count). The van der Waals surface area contributed by atoms with E-state index in [1.165, 1.54) is 0 Å². The first-order valence-corrected chi connectivity index (χ1v) is 6.22. The summed E-state index contributed by atoms with van der Waals surface area (Å²) in [5.74, 6) is 0.371. The molecule has 96 valence electrons. The van der Waals surface area contributed by atoms with Crippen molar-refractivity contribution in [2.24, 2.45) is 5.92 Å². The SMILES string of the molecule is COCCN1C(=O)NC(=O)C12CCCC(C)C2. The van der Waals surface area contributed by atoms with Gasteiger partial charge in [0.05, 0.1) is 6.61 Å². The second-order valence-electron chi connectivity index (χ2n) is 5.14. The first-order chi connectivity index (χ1) is 8.10. The minimum Gasteiger partial charge on any atom is -0.383 e. The molecule has 2 fully saturated rings. The molecule has 5 heteroatoms. The summed E-state index contributed by atoms with van der Waals surface area (Å²) >= 11 is 0. The summed E-state index contributed by atoms with van der Waals surface area (Å²) in [5, 5.41) is 2.45. The number of urea groups is 1. The van der Waals surface area contributed by atoms with Crippen LogP contribution in [0.2, 0.25) is 0 Å². The molecule has 0 bridgehead atoms. The van der Waals surface area contributed by atoms with Crippen molar-refractivity contribution in [3.63, 3.8) is 0 Å². The van der Waals surface area contributed by atoms with Crippen LogP contribution in [0.4, 0.5) is 4.79 Å².